The number of aliphatic hydroxyl groups is 1. The molecule has 1 aliphatic rings. The summed E-state index contributed by atoms with van der Waals surface area (Å²) in [5, 5.41) is 16.9. The molecule has 0 radical (unpaired) electrons. The maximum absolute atomic E-state index is 12.3. The number of likely N-dealkylation sites (tertiary alicyclic amines) is 1. The average molecular weight is 559 g/mol. The molecule has 166 valence electrons. The predicted molar refractivity (Wildman–Crippen MR) is 130 cm³/mol. The quantitative estimate of drug-likeness (QED) is 0.289. The fourth-order valence-electron chi connectivity index (χ4n) is 2.88. The minimum atomic E-state index is -0.697. The van der Waals surface area contributed by atoms with Gasteiger partial charge in [-0.2, -0.15) is 0 Å². The molecular weight excluding hydrogens is 527 g/mol. The van der Waals surface area contributed by atoms with Crippen LogP contribution in [-0.4, -0.2) is 59.9 Å². The summed E-state index contributed by atoms with van der Waals surface area (Å²) in [6.07, 6.45) is 0.850. The molecule has 0 bridgehead atoms. The van der Waals surface area contributed by atoms with Crippen LogP contribution >= 0.6 is 46.9 Å². The highest BCUT2D eigenvalue weighted by Gasteiger charge is 2.28. The predicted octanol–water partition coefficient (Wildman–Crippen LogP) is 4.01. The first-order valence-corrected chi connectivity index (χ1v) is 10.8. The van der Waals surface area contributed by atoms with Gasteiger partial charge >= 0.3 is 6.09 Å². The van der Waals surface area contributed by atoms with Gasteiger partial charge in [0.25, 0.3) is 0 Å². The van der Waals surface area contributed by atoms with Crippen molar-refractivity contribution in [1.29, 1.82) is 0 Å². The third-order valence-corrected chi connectivity index (χ3v) is 5.44. The zero-order valence-electron chi connectivity index (χ0n) is 17.4. The second-order valence-electron chi connectivity index (χ2n) is 7.79. The van der Waals surface area contributed by atoms with Crippen molar-refractivity contribution < 1.29 is 14.6 Å². The number of carbonyl (C=O) groups excluding carboxylic acids is 1. The Morgan fingerprint density at radius 3 is 2.79 bits per heavy atom. The molecular formula is C19H32ClIN4O3S. The minimum Gasteiger partial charge on any atom is -0.444 e. The van der Waals surface area contributed by atoms with Gasteiger partial charge in [-0.3, -0.25) is 4.99 Å². The van der Waals surface area contributed by atoms with E-state index in [1.165, 1.54) is 11.3 Å². The lowest BCUT2D eigenvalue weighted by Gasteiger charge is -2.35. The molecule has 29 heavy (non-hydrogen) atoms. The number of hydrogen-bond acceptors (Lipinski definition) is 5. The van der Waals surface area contributed by atoms with Gasteiger partial charge in [-0.15, -0.1) is 35.3 Å². The second kappa shape index (κ2) is 12.2. The number of rotatable bonds is 5. The maximum Gasteiger partial charge on any atom is 0.410 e. The van der Waals surface area contributed by atoms with Gasteiger partial charge in [0.1, 0.15) is 11.7 Å². The lowest BCUT2D eigenvalue weighted by atomic mass is 10.1. The van der Waals surface area contributed by atoms with Crippen LogP contribution in [0, 0.1) is 0 Å². The van der Waals surface area contributed by atoms with E-state index in [1.807, 2.05) is 33.8 Å². The van der Waals surface area contributed by atoms with Crippen molar-refractivity contribution in [3.05, 3.63) is 21.3 Å². The topological polar surface area (TPSA) is 86.2 Å². The Hall–Kier alpha value is -0.780. The Morgan fingerprint density at radius 1 is 1.48 bits per heavy atom. The van der Waals surface area contributed by atoms with E-state index in [0.29, 0.717) is 29.9 Å². The molecule has 2 unspecified atom stereocenters. The molecule has 1 amide bonds. The number of nitrogens with zero attached hydrogens (tertiary/aromatic N) is 2. The van der Waals surface area contributed by atoms with Gasteiger partial charge in [0.15, 0.2) is 5.96 Å². The number of halogens is 2. The second-order valence-corrected chi connectivity index (χ2v) is 9.53. The third-order valence-electron chi connectivity index (χ3n) is 4.10. The van der Waals surface area contributed by atoms with E-state index in [2.05, 4.69) is 15.6 Å². The maximum atomic E-state index is 12.3. The monoisotopic (exact) mass is 558 g/mol. The molecule has 0 aliphatic carbocycles. The Bertz CT molecular complexity index is 681. The van der Waals surface area contributed by atoms with Crippen molar-refractivity contribution in [1.82, 2.24) is 15.5 Å². The first-order valence-electron chi connectivity index (χ1n) is 9.64. The molecule has 2 rings (SSSR count). The van der Waals surface area contributed by atoms with Gasteiger partial charge < -0.3 is 25.4 Å². The normalized spacial score (nSPS) is 18.6. The molecule has 0 aromatic carbocycles. The molecule has 2 atom stereocenters. The van der Waals surface area contributed by atoms with Crippen LogP contribution in [0.25, 0.3) is 0 Å². The molecule has 0 spiro atoms. The van der Waals surface area contributed by atoms with Gasteiger partial charge in [0, 0.05) is 30.6 Å². The van der Waals surface area contributed by atoms with Gasteiger partial charge in [-0.05, 0) is 52.7 Å². The summed E-state index contributed by atoms with van der Waals surface area (Å²) >= 11 is 7.28. The van der Waals surface area contributed by atoms with Gasteiger partial charge in [0.05, 0.1) is 10.9 Å². The van der Waals surface area contributed by atoms with E-state index in [0.717, 1.165) is 17.7 Å². The molecule has 1 aromatic rings. The summed E-state index contributed by atoms with van der Waals surface area (Å²) in [5.41, 5.74) is -0.505. The zero-order valence-corrected chi connectivity index (χ0v) is 21.3. The van der Waals surface area contributed by atoms with Crippen LogP contribution in [-0.2, 0) is 4.74 Å². The summed E-state index contributed by atoms with van der Waals surface area (Å²) in [5.74, 6) is 0.625. The number of piperidine rings is 1. The van der Waals surface area contributed by atoms with Crippen LogP contribution in [0.5, 0.6) is 0 Å². The summed E-state index contributed by atoms with van der Waals surface area (Å²) in [6, 6.07) is 3.66. The van der Waals surface area contributed by atoms with Crippen molar-refractivity contribution >= 4 is 59.0 Å². The number of amides is 1. The molecule has 3 N–H and O–H groups in total. The number of carbonyl (C=O) groups is 1. The highest BCUT2D eigenvalue weighted by Crippen LogP contribution is 2.27. The van der Waals surface area contributed by atoms with Crippen LogP contribution in [0.15, 0.2) is 17.1 Å². The molecule has 10 heteroatoms. The number of guanidine groups is 1. The standard InChI is InChI=1S/C19H31ClN4O3S.HI/c1-5-21-17(22-11-14(25)15-8-9-16(20)28-15)23-13-7-6-10-24(12-13)18(26)27-19(2,3)4;/h8-9,13-14,25H,5-7,10-12H2,1-4H3,(H2,21,22,23);1H. The van der Waals surface area contributed by atoms with Crippen molar-refractivity contribution in [3.63, 3.8) is 0 Å². The van der Waals surface area contributed by atoms with E-state index < -0.39 is 11.7 Å². The van der Waals surface area contributed by atoms with E-state index in [4.69, 9.17) is 16.3 Å². The Labute approximate surface area is 199 Å². The van der Waals surface area contributed by atoms with Crippen LogP contribution in [0.2, 0.25) is 4.34 Å². The van der Waals surface area contributed by atoms with Crippen LogP contribution in [0.3, 0.4) is 0 Å². The lowest BCUT2D eigenvalue weighted by Crippen LogP contribution is -2.53. The van der Waals surface area contributed by atoms with Crippen LogP contribution in [0.1, 0.15) is 51.5 Å². The van der Waals surface area contributed by atoms with Crippen molar-refractivity contribution in [2.24, 2.45) is 4.99 Å². The minimum absolute atomic E-state index is 0. The molecule has 0 saturated carbocycles. The number of hydrogen-bond donors (Lipinski definition) is 3. The number of nitrogens with one attached hydrogen (secondary N) is 2. The first-order chi connectivity index (χ1) is 13.2. The molecule has 1 saturated heterocycles. The Morgan fingerprint density at radius 2 is 2.21 bits per heavy atom. The molecule has 1 fully saturated rings. The van der Waals surface area contributed by atoms with Gasteiger partial charge in [-0.1, -0.05) is 11.6 Å². The van der Waals surface area contributed by atoms with Crippen LogP contribution in [0.4, 0.5) is 4.79 Å². The number of thiophene rings is 1. The molecule has 7 nitrogen and oxygen atoms in total. The van der Waals surface area contributed by atoms with E-state index >= 15 is 0 Å². The van der Waals surface area contributed by atoms with E-state index in [-0.39, 0.29) is 42.7 Å². The SMILES string of the molecule is CCNC(=NCC(O)c1ccc(Cl)s1)NC1CCCN(C(=O)OC(C)(C)C)C1.I. The molecule has 1 aromatic heterocycles. The van der Waals surface area contributed by atoms with Crippen molar-refractivity contribution in [2.75, 3.05) is 26.2 Å². The largest absolute Gasteiger partial charge is 0.444 e. The highest BCUT2D eigenvalue weighted by molar-refractivity contribution is 14.0. The molecule has 1 aliphatic heterocycles. The number of aliphatic hydroxyl groups excluding tert-OH is 1. The summed E-state index contributed by atoms with van der Waals surface area (Å²) < 4.78 is 6.12. The number of ether oxygens (including phenoxy) is 1. The molecule has 2 heterocycles. The summed E-state index contributed by atoms with van der Waals surface area (Å²) in [6.45, 7) is 9.78. The van der Waals surface area contributed by atoms with Gasteiger partial charge in [0.2, 0.25) is 0 Å². The Kier molecular flexibility index (Phi) is 11.0. The smallest absolute Gasteiger partial charge is 0.410 e. The summed E-state index contributed by atoms with van der Waals surface area (Å²) in [7, 11) is 0. The Balaban J connectivity index is 0.00000420. The fraction of sp³-hybridized carbons (Fsp3) is 0.684. The van der Waals surface area contributed by atoms with E-state index in [9.17, 15) is 9.90 Å². The number of aliphatic imine (C=N–C) groups is 1. The highest BCUT2D eigenvalue weighted by atomic mass is 127. The zero-order chi connectivity index (χ0) is 20.7. The third kappa shape index (κ3) is 9.27. The fourth-order valence-corrected chi connectivity index (χ4v) is 3.91. The summed E-state index contributed by atoms with van der Waals surface area (Å²) in [4.78, 5) is 19.4. The van der Waals surface area contributed by atoms with E-state index in [1.54, 1.807) is 11.0 Å². The van der Waals surface area contributed by atoms with Crippen LogP contribution < -0.4 is 10.6 Å². The van der Waals surface area contributed by atoms with Crippen molar-refractivity contribution in [3.8, 4) is 0 Å². The lowest BCUT2D eigenvalue weighted by molar-refractivity contribution is 0.0193. The average Bonchev–Trinajstić information content (AvgIpc) is 3.05. The van der Waals surface area contributed by atoms with Gasteiger partial charge in [-0.25, -0.2) is 4.79 Å². The van der Waals surface area contributed by atoms with Crippen molar-refractivity contribution in [2.45, 2.75) is 58.3 Å². The first kappa shape index (κ1) is 26.3.